The quantitative estimate of drug-likeness (QED) is 0.817. The van der Waals surface area contributed by atoms with Gasteiger partial charge in [0.15, 0.2) is 0 Å². The zero-order valence-electron chi connectivity index (χ0n) is 12.2. The summed E-state index contributed by atoms with van der Waals surface area (Å²) in [6.45, 7) is 0. The summed E-state index contributed by atoms with van der Waals surface area (Å²) in [5, 5.41) is 3.59. The van der Waals surface area contributed by atoms with Crippen molar-refractivity contribution in [3.8, 4) is 0 Å². The Morgan fingerprint density at radius 2 is 1.79 bits per heavy atom. The van der Waals surface area contributed by atoms with Crippen molar-refractivity contribution in [1.82, 2.24) is 5.32 Å². The molecule has 1 unspecified atom stereocenters. The molecule has 19 heavy (non-hydrogen) atoms. The zero-order chi connectivity index (χ0) is 13.1. The first-order valence-corrected chi connectivity index (χ1v) is 8.15. The highest BCUT2D eigenvalue weighted by atomic mass is 14.9. The van der Waals surface area contributed by atoms with Gasteiger partial charge in [0.25, 0.3) is 0 Å². The number of rotatable bonds is 4. The molecule has 0 heterocycles. The summed E-state index contributed by atoms with van der Waals surface area (Å²) in [6.07, 6.45) is 11.3. The molecule has 0 amide bonds. The van der Waals surface area contributed by atoms with E-state index in [0.717, 1.165) is 11.8 Å². The summed E-state index contributed by atoms with van der Waals surface area (Å²) in [6, 6.07) is 9.99. The highest BCUT2D eigenvalue weighted by molar-refractivity contribution is 5.30. The maximum atomic E-state index is 3.59. The molecule has 0 radical (unpaired) electrons. The van der Waals surface area contributed by atoms with Gasteiger partial charge in [-0.3, -0.25) is 0 Å². The lowest BCUT2D eigenvalue weighted by Gasteiger charge is -2.32. The van der Waals surface area contributed by atoms with E-state index in [1.165, 1.54) is 56.9 Å². The van der Waals surface area contributed by atoms with E-state index < -0.39 is 0 Å². The average Bonchev–Trinajstić information content (AvgIpc) is 2.39. The Hall–Kier alpha value is -0.820. The Morgan fingerprint density at radius 3 is 2.42 bits per heavy atom. The van der Waals surface area contributed by atoms with Crippen LogP contribution in [0.3, 0.4) is 0 Å². The van der Waals surface area contributed by atoms with Crippen LogP contribution in [0.15, 0.2) is 24.3 Å². The fourth-order valence-electron chi connectivity index (χ4n) is 3.89. The van der Waals surface area contributed by atoms with E-state index in [0.29, 0.717) is 6.04 Å². The van der Waals surface area contributed by atoms with E-state index >= 15 is 0 Å². The second kappa shape index (κ2) is 6.09. The van der Waals surface area contributed by atoms with Crippen molar-refractivity contribution in [3.63, 3.8) is 0 Å². The van der Waals surface area contributed by atoms with Crippen LogP contribution in [0.4, 0.5) is 0 Å². The van der Waals surface area contributed by atoms with Gasteiger partial charge >= 0.3 is 0 Å². The second-order valence-corrected chi connectivity index (χ2v) is 6.46. The summed E-state index contributed by atoms with van der Waals surface area (Å²) in [7, 11) is 2.13. The van der Waals surface area contributed by atoms with E-state index in [1.54, 1.807) is 5.56 Å². The SMILES string of the molecule is CNC(c1cccc(C2CCC2)c1)C1CCCCC1. The molecule has 2 aliphatic rings. The van der Waals surface area contributed by atoms with E-state index in [-0.39, 0.29) is 0 Å². The lowest BCUT2D eigenvalue weighted by molar-refractivity contribution is 0.281. The minimum atomic E-state index is 0.570. The molecule has 1 N–H and O–H groups in total. The first-order valence-electron chi connectivity index (χ1n) is 8.15. The maximum Gasteiger partial charge on any atom is 0.0346 e. The summed E-state index contributed by atoms with van der Waals surface area (Å²) in [5.41, 5.74) is 3.11. The van der Waals surface area contributed by atoms with Gasteiger partial charge in [0, 0.05) is 6.04 Å². The third-order valence-electron chi connectivity index (χ3n) is 5.28. The topological polar surface area (TPSA) is 12.0 Å². The smallest absolute Gasteiger partial charge is 0.0346 e. The molecule has 1 heteroatoms. The molecule has 2 saturated carbocycles. The van der Waals surface area contributed by atoms with E-state index in [4.69, 9.17) is 0 Å². The summed E-state index contributed by atoms with van der Waals surface area (Å²) in [5.74, 6) is 1.69. The van der Waals surface area contributed by atoms with Crippen molar-refractivity contribution in [1.29, 1.82) is 0 Å². The van der Waals surface area contributed by atoms with Crippen LogP contribution in [0.1, 0.15) is 74.5 Å². The normalized spacial score (nSPS) is 23.0. The van der Waals surface area contributed by atoms with Gasteiger partial charge in [-0.15, -0.1) is 0 Å². The summed E-state index contributed by atoms with van der Waals surface area (Å²) >= 11 is 0. The number of nitrogens with one attached hydrogen (secondary N) is 1. The summed E-state index contributed by atoms with van der Waals surface area (Å²) < 4.78 is 0. The van der Waals surface area contributed by atoms with E-state index in [9.17, 15) is 0 Å². The van der Waals surface area contributed by atoms with Gasteiger partial charge in [0.05, 0.1) is 0 Å². The summed E-state index contributed by atoms with van der Waals surface area (Å²) in [4.78, 5) is 0. The first-order chi connectivity index (χ1) is 9.38. The molecule has 0 aliphatic heterocycles. The van der Waals surface area contributed by atoms with Gasteiger partial charge in [-0.2, -0.15) is 0 Å². The number of hydrogen-bond donors (Lipinski definition) is 1. The molecule has 1 atom stereocenters. The molecular weight excluding hydrogens is 230 g/mol. The zero-order valence-corrected chi connectivity index (χ0v) is 12.2. The molecule has 104 valence electrons. The van der Waals surface area contributed by atoms with E-state index in [1.807, 2.05) is 0 Å². The maximum absolute atomic E-state index is 3.59. The van der Waals surface area contributed by atoms with Crippen LogP contribution >= 0.6 is 0 Å². The minimum Gasteiger partial charge on any atom is -0.313 e. The Morgan fingerprint density at radius 1 is 1.00 bits per heavy atom. The van der Waals surface area contributed by atoms with Crippen LogP contribution in [-0.4, -0.2) is 7.05 Å². The molecule has 0 spiro atoms. The molecule has 0 bridgehead atoms. The Bertz CT molecular complexity index is 402. The van der Waals surface area contributed by atoms with Crippen molar-refractivity contribution in [2.75, 3.05) is 7.05 Å². The van der Waals surface area contributed by atoms with Gasteiger partial charge in [0.2, 0.25) is 0 Å². The molecule has 2 fully saturated rings. The van der Waals surface area contributed by atoms with Crippen LogP contribution in [0.25, 0.3) is 0 Å². The van der Waals surface area contributed by atoms with Crippen LogP contribution in [0.2, 0.25) is 0 Å². The van der Waals surface area contributed by atoms with Crippen molar-refractivity contribution < 1.29 is 0 Å². The highest BCUT2D eigenvalue weighted by Gasteiger charge is 2.25. The van der Waals surface area contributed by atoms with Gasteiger partial charge < -0.3 is 5.32 Å². The predicted octanol–water partition coefficient (Wildman–Crippen LogP) is 4.79. The fourth-order valence-corrected chi connectivity index (χ4v) is 3.89. The highest BCUT2D eigenvalue weighted by Crippen LogP contribution is 2.39. The molecule has 2 aliphatic carbocycles. The predicted molar refractivity (Wildman–Crippen MR) is 81.4 cm³/mol. The largest absolute Gasteiger partial charge is 0.313 e. The Labute approximate surface area is 117 Å². The fraction of sp³-hybridized carbons (Fsp3) is 0.667. The molecule has 1 aromatic carbocycles. The molecule has 0 aromatic heterocycles. The molecule has 1 aromatic rings. The van der Waals surface area contributed by atoms with Crippen LogP contribution in [-0.2, 0) is 0 Å². The van der Waals surface area contributed by atoms with Crippen LogP contribution in [0, 0.1) is 5.92 Å². The molecule has 0 saturated heterocycles. The molecule has 3 rings (SSSR count). The minimum absolute atomic E-state index is 0.570. The number of benzene rings is 1. The monoisotopic (exact) mass is 257 g/mol. The molecular formula is C18H27N. The lowest BCUT2D eigenvalue weighted by atomic mass is 9.77. The van der Waals surface area contributed by atoms with Gasteiger partial charge in [-0.25, -0.2) is 0 Å². The average molecular weight is 257 g/mol. The Balaban J connectivity index is 1.77. The third kappa shape index (κ3) is 2.86. The van der Waals surface area contributed by atoms with Crippen molar-refractivity contribution in [2.24, 2.45) is 5.92 Å². The standard InChI is InChI=1S/C18H27N/c1-19-18(15-7-3-2-4-8-15)17-12-6-11-16(13-17)14-9-5-10-14/h6,11-15,18-19H,2-5,7-10H2,1H3. The van der Waals surface area contributed by atoms with Gasteiger partial charge in [-0.1, -0.05) is 49.9 Å². The van der Waals surface area contributed by atoms with Crippen molar-refractivity contribution in [2.45, 2.75) is 63.3 Å². The van der Waals surface area contributed by atoms with E-state index in [2.05, 4.69) is 36.6 Å². The van der Waals surface area contributed by atoms with Gasteiger partial charge in [0.1, 0.15) is 0 Å². The van der Waals surface area contributed by atoms with Crippen LogP contribution < -0.4 is 5.32 Å². The molecule has 1 nitrogen and oxygen atoms in total. The number of hydrogen-bond acceptors (Lipinski definition) is 1. The van der Waals surface area contributed by atoms with Crippen molar-refractivity contribution in [3.05, 3.63) is 35.4 Å². The van der Waals surface area contributed by atoms with Gasteiger partial charge in [-0.05, 0) is 55.7 Å². The third-order valence-corrected chi connectivity index (χ3v) is 5.28. The van der Waals surface area contributed by atoms with Crippen molar-refractivity contribution >= 4 is 0 Å². The lowest BCUT2D eigenvalue weighted by Crippen LogP contribution is -2.27. The Kier molecular flexibility index (Phi) is 4.22. The van der Waals surface area contributed by atoms with Crippen LogP contribution in [0.5, 0.6) is 0 Å². The first kappa shape index (κ1) is 13.2. The second-order valence-electron chi connectivity index (χ2n) is 6.46.